The smallest absolute Gasteiger partial charge is 0.335 e. The number of benzene rings is 1. The number of aryl methyl sites for hydroxylation is 1. The first kappa shape index (κ1) is 26.7. The average molecular weight is 496 g/mol. The molecule has 184 valence electrons. The zero-order chi connectivity index (χ0) is 25.6. The zero-order valence-electron chi connectivity index (χ0n) is 18.8. The molecule has 1 aromatic carbocycles. The molecule has 0 aliphatic heterocycles. The monoisotopic (exact) mass is 495 g/mol. The molecule has 0 saturated heterocycles. The second-order valence-corrected chi connectivity index (χ2v) is 8.39. The minimum absolute atomic E-state index is 0.277. The molecule has 0 aliphatic carbocycles. The van der Waals surface area contributed by atoms with E-state index in [2.05, 4.69) is 15.0 Å². The maximum Gasteiger partial charge on any atom is 0.335 e. The number of fused-ring (bicyclic) bond motifs is 1. The fourth-order valence-corrected chi connectivity index (χ4v) is 3.98. The van der Waals surface area contributed by atoms with E-state index in [0.717, 1.165) is 39.4 Å². The van der Waals surface area contributed by atoms with Gasteiger partial charge in [-0.25, -0.2) is 14.6 Å². The number of pyridine rings is 1. The number of aromatic nitrogens is 3. The van der Waals surface area contributed by atoms with Crippen LogP contribution >= 0.6 is 0 Å². The van der Waals surface area contributed by atoms with Gasteiger partial charge in [0.15, 0.2) is 17.4 Å². The maximum atomic E-state index is 12.7. The molecule has 5 N–H and O–H groups in total. The summed E-state index contributed by atoms with van der Waals surface area (Å²) in [5, 5.41) is 33.0. The van der Waals surface area contributed by atoms with Crippen LogP contribution in [0.15, 0.2) is 29.6 Å². The number of hydrogen-bond donors (Lipinski definition) is 5. The van der Waals surface area contributed by atoms with Crippen molar-refractivity contribution in [2.75, 3.05) is 14.2 Å². The number of rotatable bonds is 8. The Balaban J connectivity index is 0.000000347. The molecule has 13 heteroatoms. The van der Waals surface area contributed by atoms with Crippen LogP contribution in [0.25, 0.3) is 11.0 Å². The summed E-state index contributed by atoms with van der Waals surface area (Å²) in [4.78, 5) is 31.4. The average Bonchev–Trinajstić information content (AvgIpc) is 3.24. The predicted molar refractivity (Wildman–Crippen MR) is 120 cm³/mol. The molecule has 2 heterocycles. The molecule has 3 atom stereocenters. The SMILES string of the molecule is COc1ccc2nc([S@@](=O)Cc3ncc(C)c(OC)c3C)[nH]c2c1.O=C(O)C(O)C(O)C(=O)O. The lowest BCUT2D eigenvalue weighted by Gasteiger charge is -2.11. The largest absolute Gasteiger partial charge is 0.497 e. The van der Waals surface area contributed by atoms with Crippen LogP contribution < -0.4 is 9.47 Å². The molecule has 0 fully saturated rings. The lowest BCUT2D eigenvalue weighted by molar-refractivity contribution is -0.165. The van der Waals surface area contributed by atoms with Gasteiger partial charge in [-0.3, -0.25) is 9.19 Å². The lowest BCUT2D eigenvalue weighted by atomic mass is 10.1. The maximum absolute atomic E-state index is 12.7. The molecule has 0 bridgehead atoms. The van der Waals surface area contributed by atoms with E-state index in [-0.39, 0.29) is 5.75 Å². The highest BCUT2D eigenvalue weighted by Crippen LogP contribution is 2.26. The van der Waals surface area contributed by atoms with E-state index in [1.807, 2.05) is 32.0 Å². The van der Waals surface area contributed by atoms with Crippen molar-refractivity contribution in [3.8, 4) is 11.5 Å². The Hall–Kier alpha value is -3.55. The summed E-state index contributed by atoms with van der Waals surface area (Å²) in [5.41, 5.74) is 4.16. The van der Waals surface area contributed by atoms with Crippen LogP contribution in [0, 0.1) is 13.8 Å². The van der Waals surface area contributed by atoms with Crippen LogP contribution in [0.3, 0.4) is 0 Å². The Bertz CT molecular complexity index is 1190. The van der Waals surface area contributed by atoms with Gasteiger partial charge in [-0.1, -0.05) is 0 Å². The van der Waals surface area contributed by atoms with E-state index >= 15 is 0 Å². The quantitative estimate of drug-likeness (QED) is 0.296. The molecule has 3 rings (SSSR count). The van der Waals surface area contributed by atoms with Crippen LogP contribution in [0.4, 0.5) is 0 Å². The summed E-state index contributed by atoms with van der Waals surface area (Å²) < 4.78 is 23.3. The number of carboxylic acid groups (broad SMARTS) is 2. The summed E-state index contributed by atoms with van der Waals surface area (Å²) in [7, 11) is 1.91. The van der Waals surface area contributed by atoms with Gasteiger partial charge in [0, 0.05) is 23.4 Å². The third-order valence-corrected chi connectivity index (χ3v) is 5.87. The van der Waals surface area contributed by atoms with Crippen molar-refractivity contribution < 1.29 is 43.7 Å². The highest BCUT2D eigenvalue weighted by Gasteiger charge is 2.29. The van der Waals surface area contributed by atoms with Crippen molar-refractivity contribution in [1.29, 1.82) is 0 Å². The molecule has 2 aromatic heterocycles. The summed E-state index contributed by atoms with van der Waals surface area (Å²) in [5.74, 6) is -1.75. The fourth-order valence-electron chi connectivity index (χ4n) is 2.88. The van der Waals surface area contributed by atoms with Gasteiger partial charge in [-0.15, -0.1) is 0 Å². The number of aliphatic carboxylic acids is 2. The molecule has 0 aliphatic rings. The number of imidazole rings is 1. The fraction of sp³-hybridized carbons (Fsp3) is 0.333. The van der Waals surface area contributed by atoms with E-state index in [0.29, 0.717) is 5.16 Å². The molecule has 34 heavy (non-hydrogen) atoms. The van der Waals surface area contributed by atoms with E-state index in [9.17, 15) is 13.8 Å². The number of ether oxygens (including phenoxy) is 2. The van der Waals surface area contributed by atoms with Crippen LogP contribution in [-0.4, -0.2) is 78.0 Å². The molecule has 0 amide bonds. The first-order valence-corrected chi connectivity index (χ1v) is 11.0. The van der Waals surface area contributed by atoms with Crippen molar-refractivity contribution in [2.24, 2.45) is 0 Å². The van der Waals surface area contributed by atoms with Gasteiger partial charge >= 0.3 is 11.9 Å². The van der Waals surface area contributed by atoms with Gasteiger partial charge in [0.1, 0.15) is 11.5 Å². The normalized spacial score (nSPS) is 13.4. The van der Waals surface area contributed by atoms with Gasteiger partial charge in [0.05, 0.1) is 47.5 Å². The van der Waals surface area contributed by atoms with Gasteiger partial charge in [0.25, 0.3) is 0 Å². The summed E-state index contributed by atoms with van der Waals surface area (Å²) >= 11 is 0. The Labute approximate surface area is 196 Å². The molecular formula is C21H25N3O9S. The van der Waals surface area contributed by atoms with Crippen LogP contribution in [0.1, 0.15) is 16.8 Å². The molecule has 0 saturated carbocycles. The number of nitrogens with zero attached hydrogens (tertiary/aromatic N) is 2. The standard InChI is InChI=1S/C17H19N3O3S.C4H6O6/c1-10-8-18-15(11(2)16(10)23-4)9-24(21)17-19-13-6-5-12(22-3)7-14(13)20-17;5-1(3(7)8)2(6)4(9)10/h5-8H,9H2,1-4H3,(H,19,20);1-2,5-6H,(H,7,8)(H,9,10)/t24-;/m0./s1. The highest BCUT2D eigenvalue weighted by molar-refractivity contribution is 7.84. The second-order valence-electron chi connectivity index (χ2n) is 7.03. The number of carbonyl (C=O) groups is 2. The molecule has 3 aromatic rings. The number of H-pyrrole nitrogens is 1. The van der Waals surface area contributed by atoms with Crippen molar-refractivity contribution in [3.63, 3.8) is 0 Å². The number of aliphatic hydroxyl groups excluding tert-OH is 2. The van der Waals surface area contributed by atoms with Crippen LogP contribution in [-0.2, 0) is 26.1 Å². The molecule has 12 nitrogen and oxygen atoms in total. The van der Waals surface area contributed by atoms with Crippen LogP contribution in [0.2, 0.25) is 0 Å². The van der Waals surface area contributed by atoms with Gasteiger partial charge < -0.3 is 34.9 Å². The van der Waals surface area contributed by atoms with Gasteiger partial charge in [0.2, 0.25) is 0 Å². The zero-order valence-corrected chi connectivity index (χ0v) is 19.6. The first-order valence-electron chi connectivity index (χ1n) is 9.73. The van der Waals surface area contributed by atoms with Crippen molar-refractivity contribution in [2.45, 2.75) is 37.0 Å². The number of aliphatic hydroxyl groups is 2. The third kappa shape index (κ3) is 6.27. The number of carboxylic acids is 2. The van der Waals surface area contributed by atoms with Crippen molar-refractivity contribution in [1.82, 2.24) is 15.0 Å². The highest BCUT2D eigenvalue weighted by atomic mass is 32.2. The first-order chi connectivity index (χ1) is 16.0. The van der Waals surface area contributed by atoms with E-state index < -0.39 is 34.9 Å². The number of nitrogens with one attached hydrogen (secondary N) is 1. The molecule has 2 unspecified atom stereocenters. The van der Waals surface area contributed by atoms with Crippen molar-refractivity contribution in [3.05, 3.63) is 41.2 Å². The van der Waals surface area contributed by atoms with E-state index in [1.54, 1.807) is 20.4 Å². The summed E-state index contributed by atoms with van der Waals surface area (Å²) in [6, 6.07) is 5.50. The van der Waals surface area contributed by atoms with Crippen LogP contribution in [0.5, 0.6) is 11.5 Å². The Morgan fingerprint density at radius 3 is 2.24 bits per heavy atom. The number of hydrogen-bond acceptors (Lipinski definition) is 9. The number of methoxy groups -OCH3 is 2. The molecule has 0 spiro atoms. The topological polar surface area (TPSA) is 192 Å². The second kappa shape index (κ2) is 11.5. The van der Waals surface area contributed by atoms with E-state index in [4.69, 9.17) is 29.9 Å². The van der Waals surface area contributed by atoms with Crippen molar-refractivity contribution >= 4 is 33.8 Å². The third-order valence-electron chi connectivity index (χ3n) is 4.71. The Morgan fingerprint density at radius 1 is 1.09 bits per heavy atom. The Morgan fingerprint density at radius 2 is 1.71 bits per heavy atom. The number of aromatic amines is 1. The minimum Gasteiger partial charge on any atom is -0.497 e. The lowest BCUT2D eigenvalue weighted by Crippen LogP contribution is -2.39. The minimum atomic E-state index is -2.27. The van der Waals surface area contributed by atoms with Gasteiger partial charge in [-0.05, 0) is 26.0 Å². The molecular weight excluding hydrogens is 470 g/mol. The molecule has 0 radical (unpaired) electrons. The van der Waals surface area contributed by atoms with E-state index in [1.165, 1.54) is 0 Å². The van der Waals surface area contributed by atoms with Gasteiger partial charge in [-0.2, -0.15) is 0 Å². The predicted octanol–water partition coefficient (Wildman–Crippen LogP) is 0.777. The Kier molecular flexibility index (Phi) is 9.06. The summed E-state index contributed by atoms with van der Waals surface area (Å²) in [6.45, 7) is 3.86. The summed E-state index contributed by atoms with van der Waals surface area (Å²) in [6.07, 6.45) is -2.79.